The van der Waals surface area contributed by atoms with E-state index in [0.29, 0.717) is 18.0 Å². The molecule has 0 bridgehead atoms. The van der Waals surface area contributed by atoms with Crippen molar-refractivity contribution in [1.29, 1.82) is 0 Å². The number of aromatic nitrogens is 3. The van der Waals surface area contributed by atoms with Crippen molar-refractivity contribution in [2.24, 2.45) is 0 Å². The van der Waals surface area contributed by atoms with Crippen LogP contribution in [-0.2, 0) is 6.42 Å². The van der Waals surface area contributed by atoms with Gasteiger partial charge in [0, 0.05) is 18.9 Å². The van der Waals surface area contributed by atoms with Crippen molar-refractivity contribution in [2.75, 3.05) is 6.54 Å². The largest absolute Gasteiger partial charge is 0.448 e. The van der Waals surface area contributed by atoms with E-state index in [1.807, 2.05) is 36.5 Å². The molecular weight excluding hydrogens is 280 g/mol. The van der Waals surface area contributed by atoms with Crippen LogP contribution in [0.2, 0.25) is 0 Å². The van der Waals surface area contributed by atoms with E-state index in [4.69, 9.17) is 4.42 Å². The van der Waals surface area contributed by atoms with Crippen LogP contribution < -0.4 is 5.32 Å². The Balaban J connectivity index is 1.54. The number of hydrogen-bond donors (Lipinski definition) is 1. The standard InChI is InChI=1S/C16H16N4O2/c1-12-15(18-11-22-12)16(21)17-9-7-13-3-5-14(6-4-13)20-10-2-8-19-20/h2-6,8,10-11H,7,9H2,1H3,(H,17,21). The molecule has 0 radical (unpaired) electrons. The van der Waals surface area contributed by atoms with Gasteiger partial charge in [0.15, 0.2) is 12.1 Å². The summed E-state index contributed by atoms with van der Waals surface area (Å²) >= 11 is 0. The third-order valence-electron chi connectivity index (χ3n) is 3.36. The van der Waals surface area contributed by atoms with Gasteiger partial charge in [0.1, 0.15) is 5.76 Å². The summed E-state index contributed by atoms with van der Waals surface area (Å²) < 4.78 is 6.82. The lowest BCUT2D eigenvalue weighted by molar-refractivity contribution is 0.0948. The molecule has 0 aliphatic carbocycles. The van der Waals surface area contributed by atoms with Crippen molar-refractivity contribution in [3.05, 3.63) is 66.1 Å². The van der Waals surface area contributed by atoms with Crippen molar-refractivity contribution in [2.45, 2.75) is 13.3 Å². The lowest BCUT2D eigenvalue weighted by Crippen LogP contribution is -2.26. The fraction of sp³-hybridized carbons (Fsp3) is 0.188. The van der Waals surface area contributed by atoms with Crippen LogP contribution in [0.15, 0.2) is 53.5 Å². The monoisotopic (exact) mass is 296 g/mol. The quantitative estimate of drug-likeness (QED) is 0.783. The van der Waals surface area contributed by atoms with Gasteiger partial charge >= 0.3 is 0 Å². The van der Waals surface area contributed by atoms with E-state index < -0.39 is 0 Å². The van der Waals surface area contributed by atoms with Crippen molar-refractivity contribution in [3.63, 3.8) is 0 Å². The van der Waals surface area contributed by atoms with E-state index in [-0.39, 0.29) is 5.91 Å². The molecule has 22 heavy (non-hydrogen) atoms. The molecule has 0 aliphatic heterocycles. The van der Waals surface area contributed by atoms with Gasteiger partial charge in [-0.05, 0) is 37.1 Å². The highest BCUT2D eigenvalue weighted by atomic mass is 16.3. The summed E-state index contributed by atoms with van der Waals surface area (Å²) in [6, 6.07) is 9.96. The minimum Gasteiger partial charge on any atom is -0.448 e. The van der Waals surface area contributed by atoms with Gasteiger partial charge in [-0.1, -0.05) is 12.1 Å². The summed E-state index contributed by atoms with van der Waals surface area (Å²) in [5, 5.41) is 7.02. The van der Waals surface area contributed by atoms with Gasteiger partial charge in [-0.2, -0.15) is 5.10 Å². The Kier molecular flexibility index (Phi) is 4.00. The lowest BCUT2D eigenvalue weighted by atomic mass is 10.1. The molecule has 112 valence electrons. The zero-order chi connectivity index (χ0) is 15.4. The first-order valence-corrected chi connectivity index (χ1v) is 7.01. The van der Waals surface area contributed by atoms with Crippen molar-refractivity contribution in [3.8, 4) is 5.69 Å². The zero-order valence-electron chi connectivity index (χ0n) is 12.2. The van der Waals surface area contributed by atoms with Gasteiger partial charge in [0.25, 0.3) is 5.91 Å². The summed E-state index contributed by atoms with van der Waals surface area (Å²) in [5.74, 6) is 0.320. The van der Waals surface area contributed by atoms with E-state index in [2.05, 4.69) is 15.4 Å². The Morgan fingerprint density at radius 3 is 2.77 bits per heavy atom. The fourth-order valence-electron chi connectivity index (χ4n) is 2.16. The van der Waals surface area contributed by atoms with Crippen LogP contribution in [0.4, 0.5) is 0 Å². The summed E-state index contributed by atoms with van der Waals surface area (Å²) in [4.78, 5) is 15.8. The number of nitrogens with zero attached hydrogens (tertiary/aromatic N) is 3. The second-order valence-corrected chi connectivity index (χ2v) is 4.88. The third-order valence-corrected chi connectivity index (χ3v) is 3.36. The predicted molar refractivity (Wildman–Crippen MR) is 80.8 cm³/mol. The molecule has 6 heteroatoms. The number of benzene rings is 1. The summed E-state index contributed by atoms with van der Waals surface area (Å²) in [6.45, 7) is 2.27. The maximum atomic E-state index is 11.9. The minimum atomic E-state index is -0.209. The molecule has 1 aromatic carbocycles. The number of amides is 1. The second kappa shape index (κ2) is 6.26. The highest BCUT2D eigenvalue weighted by Crippen LogP contribution is 2.09. The number of carbonyl (C=O) groups excluding carboxylic acids is 1. The molecule has 0 atom stereocenters. The fourth-order valence-corrected chi connectivity index (χ4v) is 2.16. The molecular formula is C16H16N4O2. The number of oxazole rings is 1. The molecule has 1 N–H and O–H groups in total. The molecule has 6 nitrogen and oxygen atoms in total. The Morgan fingerprint density at radius 1 is 1.32 bits per heavy atom. The average Bonchev–Trinajstić information content (AvgIpc) is 3.19. The molecule has 1 amide bonds. The van der Waals surface area contributed by atoms with Gasteiger partial charge in [-0.25, -0.2) is 9.67 Å². The van der Waals surface area contributed by atoms with Gasteiger partial charge in [0.05, 0.1) is 5.69 Å². The first-order valence-electron chi connectivity index (χ1n) is 7.01. The van der Waals surface area contributed by atoms with Crippen LogP contribution in [-0.4, -0.2) is 27.2 Å². The van der Waals surface area contributed by atoms with Crippen LogP contribution in [0, 0.1) is 6.92 Å². The van der Waals surface area contributed by atoms with Crippen LogP contribution in [0.25, 0.3) is 5.69 Å². The highest BCUT2D eigenvalue weighted by Gasteiger charge is 2.12. The smallest absolute Gasteiger partial charge is 0.273 e. The van der Waals surface area contributed by atoms with E-state index in [1.165, 1.54) is 6.39 Å². The van der Waals surface area contributed by atoms with Gasteiger partial charge in [-0.15, -0.1) is 0 Å². The molecule has 3 rings (SSSR count). The topological polar surface area (TPSA) is 73.0 Å². The van der Waals surface area contributed by atoms with Gasteiger partial charge in [-0.3, -0.25) is 4.79 Å². The first kappa shape index (κ1) is 14.1. The lowest BCUT2D eigenvalue weighted by Gasteiger charge is -2.06. The molecule has 2 aromatic heterocycles. The van der Waals surface area contributed by atoms with Crippen LogP contribution in [0.3, 0.4) is 0 Å². The Bertz CT molecular complexity index is 745. The number of rotatable bonds is 5. The van der Waals surface area contributed by atoms with E-state index in [1.54, 1.807) is 17.8 Å². The number of aryl methyl sites for hydroxylation is 1. The average molecular weight is 296 g/mol. The van der Waals surface area contributed by atoms with E-state index >= 15 is 0 Å². The van der Waals surface area contributed by atoms with Crippen LogP contribution in [0.5, 0.6) is 0 Å². The van der Waals surface area contributed by atoms with Crippen LogP contribution >= 0.6 is 0 Å². The maximum absolute atomic E-state index is 11.9. The normalized spacial score (nSPS) is 10.6. The van der Waals surface area contributed by atoms with Crippen LogP contribution in [0.1, 0.15) is 21.8 Å². The minimum absolute atomic E-state index is 0.209. The van der Waals surface area contributed by atoms with Gasteiger partial charge < -0.3 is 9.73 Å². The van der Waals surface area contributed by atoms with E-state index in [9.17, 15) is 4.79 Å². The molecule has 0 saturated carbocycles. The van der Waals surface area contributed by atoms with E-state index in [0.717, 1.165) is 17.7 Å². The molecule has 0 spiro atoms. The second-order valence-electron chi connectivity index (χ2n) is 4.88. The van der Waals surface area contributed by atoms with Crippen molar-refractivity contribution in [1.82, 2.24) is 20.1 Å². The summed E-state index contributed by atoms with van der Waals surface area (Å²) in [7, 11) is 0. The number of hydrogen-bond acceptors (Lipinski definition) is 4. The third kappa shape index (κ3) is 3.06. The number of carbonyl (C=O) groups is 1. The molecule has 0 fully saturated rings. The molecule has 2 heterocycles. The summed E-state index contributed by atoms with van der Waals surface area (Å²) in [5.41, 5.74) is 2.50. The van der Waals surface area contributed by atoms with Crippen molar-refractivity contribution >= 4 is 5.91 Å². The Labute approximate surface area is 127 Å². The number of nitrogens with one attached hydrogen (secondary N) is 1. The van der Waals surface area contributed by atoms with Gasteiger partial charge in [0.2, 0.25) is 0 Å². The molecule has 0 saturated heterocycles. The first-order chi connectivity index (χ1) is 10.7. The Hall–Kier alpha value is -2.89. The molecule has 3 aromatic rings. The molecule has 0 aliphatic rings. The summed E-state index contributed by atoms with van der Waals surface area (Å²) in [6.07, 6.45) is 5.67. The zero-order valence-corrected chi connectivity index (χ0v) is 12.2. The SMILES string of the molecule is Cc1ocnc1C(=O)NCCc1ccc(-n2cccn2)cc1. The predicted octanol–water partition coefficient (Wildman–Crippen LogP) is 2.14. The maximum Gasteiger partial charge on any atom is 0.273 e. The highest BCUT2D eigenvalue weighted by molar-refractivity contribution is 5.92. The molecule has 0 unspecified atom stereocenters. The Morgan fingerprint density at radius 2 is 2.14 bits per heavy atom. The van der Waals surface area contributed by atoms with Crippen molar-refractivity contribution < 1.29 is 9.21 Å².